The van der Waals surface area contributed by atoms with Crippen LogP contribution < -0.4 is 0 Å². The van der Waals surface area contributed by atoms with Gasteiger partial charge in [0.1, 0.15) is 0 Å². The summed E-state index contributed by atoms with van der Waals surface area (Å²) in [5.74, 6) is 0.580. The van der Waals surface area contributed by atoms with Gasteiger partial charge < -0.3 is 14.7 Å². The number of benzene rings is 1. The number of unbranched alkanes of at least 4 members (excludes halogenated alkanes) is 1. The van der Waals surface area contributed by atoms with E-state index in [0.29, 0.717) is 0 Å². The normalized spacial score (nSPS) is 23.7. The van der Waals surface area contributed by atoms with Gasteiger partial charge in [-0.3, -0.25) is 9.69 Å². The van der Waals surface area contributed by atoms with Gasteiger partial charge >= 0.3 is 6.03 Å². The SMILES string of the molecule is CCCCN1C(C)=CN2C1=NC1C2C(=O)N(C/C=C/c2ccccc2)C(=O)N1C. The van der Waals surface area contributed by atoms with Gasteiger partial charge in [-0.05, 0) is 18.9 Å². The molecule has 1 fully saturated rings. The maximum Gasteiger partial charge on any atom is 0.328 e. The molecule has 0 spiro atoms. The second-order valence-corrected chi connectivity index (χ2v) is 7.63. The topological polar surface area (TPSA) is 59.5 Å². The van der Waals surface area contributed by atoms with Gasteiger partial charge in [0.25, 0.3) is 5.91 Å². The van der Waals surface area contributed by atoms with Crippen LogP contribution in [0.25, 0.3) is 6.08 Å². The Morgan fingerprint density at radius 1 is 1.14 bits per heavy atom. The molecule has 0 radical (unpaired) electrons. The maximum atomic E-state index is 13.3. The Bertz CT molecular complexity index is 892. The number of imide groups is 1. The molecular formula is C22H27N5O2. The molecule has 0 saturated carbocycles. The second kappa shape index (κ2) is 7.73. The zero-order valence-corrected chi connectivity index (χ0v) is 17.2. The third kappa shape index (κ3) is 3.30. The predicted octanol–water partition coefficient (Wildman–Crippen LogP) is 2.94. The summed E-state index contributed by atoms with van der Waals surface area (Å²) < 4.78 is 0. The zero-order valence-electron chi connectivity index (χ0n) is 17.2. The quantitative estimate of drug-likeness (QED) is 0.746. The number of guanidine groups is 1. The summed E-state index contributed by atoms with van der Waals surface area (Å²) in [5.41, 5.74) is 2.12. The summed E-state index contributed by atoms with van der Waals surface area (Å²) in [7, 11) is 1.72. The first-order valence-corrected chi connectivity index (χ1v) is 10.1. The van der Waals surface area contributed by atoms with Crippen molar-refractivity contribution in [2.24, 2.45) is 4.99 Å². The van der Waals surface area contributed by atoms with Crippen molar-refractivity contribution in [1.29, 1.82) is 0 Å². The Kier molecular flexibility index (Phi) is 5.13. The minimum absolute atomic E-state index is 0.198. The Labute approximate surface area is 171 Å². The molecule has 2 unspecified atom stereocenters. The first-order valence-electron chi connectivity index (χ1n) is 10.1. The van der Waals surface area contributed by atoms with E-state index in [9.17, 15) is 9.59 Å². The van der Waals surface area contributed by atoms with E-state index in [1.54, 1.807) is 11.9 Å². The van der Waals surface area contributed by atoms with Gasteiger partial charge in [0.2, 0.25) is 5.96 Å². The van der Waals surface area contributed by atoms with Gasteiger partial charge in [0, 0.05) is 32.0 Å². The maximum absolute atomic E-state index is 13.3. The van der Waals surface area contributed by atoms with Crippen LogP contribution >= 0.6 is 0 Å². The first kappa shape index (κ1) is 19.2. The number of rotatable bonds is 6. The lowest BCUT2D eigenvalue weighted by atomic mass is 10.1. The Balaban J connectivity index is 1.53. The number of fused-ring (bicyclic) bond motifs is 3. The van der Waals surface area contributed by atoms with Crippen LogP contribution in [0, 0.1) is 0 Å². The third-order valence-electron chi connectivity index (χ3n) is 5.64. The number of carbonyl (C=O) groups is 2. The lowest BCUT2D eigenvalue weighted by Crippen LogP contribution is -2.64. The zero-order chi connectivity index (χ0) is 20.5. The minimum atomic E-state index is -0.501. The number of hydrogen-bond donors (Lipinski definition) is 0. The lowest BCUT2D eigenvalue weighted by Gasteiger charge is -2.39. The molecule has 3 aliphatic heterocycles. The highest BCUT2D eigenvalue weighted by atomic mass is 16.2. The molecule has 3 amide bonds. The van der Waals surface area contributed by atoms with Crippen molar-refractivity contribution in [3.63, 3.8) is 0 Å². The van der Waals surface area contributed by atoms with Crippen molar-refractivity contribution in [3.8, 4) is 0 Å². The number of carbonyl (C=O) groups excluding carboxylic acids is 2. The average Bonchev–Trinajstić information content (AvgIpc) is 3.23. The van der Waals surface area contributed by atoms with E-state index in [4.69, 9.17) is 4.99 Å². The van der Waals surface area contributed by atoms with Crippen molar-refractivity contribution in [2.45, 2.75) is 38.9 Å². The number of hydrogen-bond acceptors (Lipinski definition) is 5. The highest BCUT2D eigenvalue weighted by molar-refractivity contribution is 6.05. The molecule has 0 aliphatic carbocycles. The summed E-state index contributed by atoms with van der Waals surface area (Å²) in [6.07, 6.45) is 7.42. The number of urea groups is 1. The summed E-state index contributed by atoms with van der Waals surface area (Å²) in [5, 5.41) is 0. The number of allylic oxidation sites excluding steroid dienone is 1. The standard InChI is InChI=1S/C22H27N5O2/c1-4-5-13-25-16(2)15-27-18-19(23-21(25)27)24(3)22(29)26(20(18)28)14-9-12-17-10-7-6-8-11-17/h6-12,15,18-19H,4-5,13-14H2,1-3H3/b12-9+. The van der Waals surface area contributed by atoms with Crippen LogP contribution in [0.4, 0.5) is 4.79 Å². The molecular weight excluding hydrogens is 366 g/mol. The van der Waals surface area contributed by atoms with Crippen LogP contribution in [-0.2, 0) is 4.79 Å². The molecule has 1 aromatic carbocycles. The van der Waals surface area contributed by atoms with Gasteiger partial charge in [-0.15, -0.1) is 0 Å². The van der Waals surface area contributed by atoms with Gasteiger partial charge in [-0.1, -0.05) is 55.8 Å². The monoisotopic (exact) mass is 393 g/mol. The van der Waals surface area contributed by atoms with Crippen molar-refractivity contribution in [3.05, 3.63) is 53.9 Å². The average molecular weight is 393 g/mol. The molecule has 1 saturated heterocycles. The van der Waals surface area contributed by atoms with E-state index in [1.165, 1.54) is 4.90 Å². The van der Waals surface area contributed by atoms with E-state index >= 15 is 0 Å². The molecule has 0 N–H and O–H groups in total. The highest BCUT2D eigenvalue weighted by Crippen LogP contribution is 2.34. The Morgan fingerprint density at radius 3 is 2.62 bits per heavy atom. The third-order valence-corrected chi connectivity index (χ3v) is 5.64. The minimum Gasteiger partial charge on any atom is -0.315 e. The van der Waals surface area contributed by atoms with Crippen LogP contribution in [-0.4, -0.2) is 69.8 Å². The molecule has 2 atom stereocenters. The molecule has 4 rings (SSSR count). The van der Waals surface area contributed by atoms with Crippen molar-refractivity contribution < 1.29 is 9.59 Å². The van der Waals surface area contributed by atoms with E-state index in [2.05, 4.69) is 11.8 Å². The van der Waals surface area contributed by atoms with Gasteiger partial charge in [0.15, 0.2) is 12.2 Å². The van der Waals surface area contributed by atoms with Gasteiger partial charge in [0.05, 0.1) is 0 Å². The molecule has 3 aliphatic rings. The molecule has 1 aromatic rings. The van der Waals surface area contributed by atoms with E-state index in [0.717, 1.165) is 36.6 Å². The second-order valence-electron chi connectivity index (χ2n) is 7.63. The lowest BCUT2D eigenvalue weighted by molar-refractivity contribution is -0.136. The van der Waals surface area contributed by atoms with Crippen molar-refractivity contribution in [2.75, 3.05) is 20.1 Å². The number of amides is 3. The van der Waals surface area contributed by atoms with Crippen LogP contribution in [0.1, 0.15) is 32.3 Å². The van der Waals surface area contributed by atoms with Crippen LogP contribution in [0.2, 0.25) is 0 Å². The fraction of sp³-hybridized carbons (Fsp3) is 0.409. The highest BCUT2D eigenvalue weighted by Gasteiger charge is 2.53. The van der Waals surface area contributed by atoms with Crippen LogP contribution in [0.15, 0.2) is 53.3 Å². The molecule has 7 heteroatoms. The molecule has 0 aromatic heterocycles. The number of likely N-dealkylation sites (N-methyl/N-ethyl adjacent to an activating group) is 1. The van der Waals surface area contributed by atoms with Crippen LogP contribution in [0.5, 0.6) is 0 Å². The van der Waals surface area contributed by atoms with Gasteiger partial charge in [-0.25, -0.2) is 9.79 Å². The smallest absolute Gasteiger partial charge is 0.315 e. The first-order chi connectivity index (χ1) is 14.0. The fourth-order valence-corrected chi connectivity index (χ4v) is 4.02. The molecule has 0 bridgehead atoms. The Hall–Kier alpha value is -3.09. The van der Waals surface area contributed by atoms with Crippen molar-refractivity contribution in [1.82, 2.24) is 19.6 Å². The fourth-order valence-electron chi connectivity index (χ4n) is 4.02. The Morgan fingerprint density at radius 2 is 1.90 bits per heavy atom. The van der Waals surface area contributed by atoms with Crippen molar-refractivity contribution >= 4 is 24.0 Å². The largest absolute Gasteiger partial charge is 0.328 e. The number of nitrogens with zero attached hydrogens (tertiary/aromatic N) is 5. The summed E-state index contributed by atoms with van der Waals surface area (Å²) in [6, 6.07) is 9.03. The summed E-state index contributed by atoms with van der Waals surface area (Å²) in [4.78, 5) is 37.8. The molecule has 29 heavy (non-hydrogen) atoms. The molecule has 152 valence electrons. The number of aliphatic imine (C=N–C) groups is 1. The molecule has 7 nitrogen and oxygen atoms in total. The van der Waals surface area contributed by atoms with E-state index < -0.39 is 12.2 Å². The summed E-state index contributed by atoms with van der Waals surface area (Å²) >= 11 is 0. The predicted molar refractivity (Wildman–Crippen MR) is 113 cm³/mol. The van der Waals surface area contributed by atoms with E-state index in [-0.39, 0.29) is 18.5 Å². The summed E-state index contributed by atoms with van der Waals surface area (Å²) in [6.45, 7) is 5.29. The molecule has 3 heterocycles. The van der Waals surface area contributed by atoms with Gasteiger partial charge in [-0.2, -0.15) is 0 Å². The van der Waals surface area contributed by atoms with E-state index in [1.807, 2.05) is 60.5 Å². The van der Waals surface area contributed by atoms with Crippen LogP contribution in [0.3, 0.4) is 0 Å².